The van der Waals surface area contributed by atoms with Crippen LogP contribution in [0.25, 0.3) is 0 Å². The summed E-state index contributed by atoms with van der Waals surface area (Å²) < 4.78 is 13.6. The van der Waals surface area contributed by atoms with E-state index in [1.807, 2.05) is 0 Å². The van der Waals surface area contributed by atoms with Gasteiger partial charge in [-0.2, -0.15) is 0 Å². The van der Waals surface area contributed by atoms with E-state index in [4.69, 9.17) is 17.4 Å². The molecule has 2 rings (SSSR count). The van der Waals surface area contributed by atoms with E-state index in [9.17, 15) is 9.18 Å². The molecule has 1 aliphatic carbocycles. The van der Waals surface area contributed by atoms with Crippen molar-refractivity contribution < 1.29 is 9.18 Å². The summed E-state index contributed by atoms with van der Waals surface area (Å²) in [4.78, 5) is 11.8. The number of benzene rings is 1. The average molecular weight is 257 g/mol. The van der Waals surface area contributed by atoms with E-state index < -0.39 is 5.41 Å². The summed E-state index contributed by atoms with van der Waals surface area (Å²) in [7, 11) is 0. The van der Waals surface area contributed by atoms with E-state index in [1.54, 1.807) is 13.0 Å². The lowest BCUT2D eigenvalue weighted by Crippen LogP contribution is -2.51. The van der Waals surface area contributed by atoms with Crippen LogP contribution in [0, 0.1) is 12.7 Å². The summed E-state index contributed by atoms with van der Waals surface area (Å²) >= 11 is 6.11. The lowest BCUT2D eigenvalue weighted by Gasteiger charge is -2.40. The molecule has 0 bridgehead atoms. The number of carbonyl (C=O) groups excluding carboxylic acids is 1. The van der Waals surface area contributed by atoms with Crippen LogP contribution in [0.4, 0.5) is 4.39 Å². The molecular weight excluding hydrogens is 243 g/mol. The number of hydrogen-bond acceptors (Lipinski definition) is 2. The number of rotatable bonds is 2. The summed E-state index contributed by atoms with van der Waals surface area (Å²) in [5.74, 6) is 4.54. The molecule has 3 nitrogen and oxygen atoms in total. The zero-order valence-corrected chi connectivity index (χ0v) is 10.3. The second-order valence-corrected chi connectivity index (χ2v) is 4.90. The monoisotopic (exact) mass is 256 g/mol. The number of nitrogens with two attached hydrogens (primary N) is 1. The Morgan fingerprint density at radius 1 is 1.53 bits per heavy atom. The molecule has 0 aliphatic heterocycles. The van der Waals surface area contributed by atoms with Gasteiger partial charge in [0, 0.05) is 5.02 Å². The Labute approximate surface area is 104 Å². The van der Waals surface area contributed by atoms with Gasteiger partial charge in [-0.15, -0.1) is 0 Å². The van der Waals surface area contributed by atoms with Crippen LogP contribution in [0.15, 0.2) is 12.1 Å². The fourth-order valence-corrected chi connectivity index (χ4v) is 2.70. The molecule has 1 saturated carbocycles. The Bertz CT molecular complexity index is 472. The number of hydrogen-bond donors (Lipinski definition) is 2. The van der Waals surface area contributed by atoms with Crippen molar-refractivity contribution in [3.63, 3.8) is 0 Å². The molecule has 92 valence electrons. The third-order valence-electron chi connectivity index (χ3n) is 3.54. The molecule has 0 spiro atoms. The Hall–Kier alpha value is -1.13. The number of halogens is 2. The Balaban J connectivity index is 2.52. The highest BCUT2D eigenvalue weighted by Crippen LogP contribution is 2.46. The molecular formula is C12H14ClFN2O. The molecule has 1 amide bonds. The number of carbonyl (C=O) groups is 1. The largest absolute Gasteiger partial charge is 0.293 e. The quantitative estimate of drug-likeness (QED) is 0.484. The van der Waals surface area contributed by atoms with Crippen LogP contribution in [0.1, 0.15) is 30.4 Å². The minimum atomic E-state index is -0.750. The van der Waals surface area contributed by atoms with Crippen LogP contribution in [0.3, 0.4) is 0 Å². The molecule has 17 heavy (non-hydrogen) atoms. The van der Waals surface area contributed by atoms with E-state index in [2.05, 4.69) is 5.43 Å². The van der Waals surface area contributed by atoms with Crippen LogP contribution >= 0.6 is 11.6 Å². The average Bonchev–Trinajstić information content (AvgIpc) is 2.23. The lowest BCUT2D eigenvalue weighted by atomic mass is 9.63. The summed E-state index contributed by atoms with van der Waals surface area (Å²) in [6.45, 7) is 1.64. The summed E-state index contributed by atoms with van der Waals surface area (Å²) in [5.41, 5.74) is 2.41. The van der Waals surface area contributed by atoms with Gasteiger partial charge < -0.3 is 0 Å². The molecule has 3 N–H and O–H groups in total. The van der Waals surface area contributed by atoms with Gasteiger partial charge in [0.05, 0.1) is 5.41 Å². The van der Waals surface area contributed by atoms with Crippen LogP contribution in [0.5, 0.6) is 0 Å². The van der Waals surface area contributed by atoms with Crippen LogP contribution < -0.4 is 11.3 Å². The van der Waals surface area contributed by atoms with Crippen molar-refractivity contribution in [2.75, 3.05) is 0 Å². The Kier molecular flexibility index (Phi) is 3.10. The second-order valence-electron chi connectivity index (χ2n) is 4.49. The van der Waals surface area contributed by atoms with E-state index in [1.165, 1.54) is 6.07 Å². The minimum Gasteiger partial charge on any atom is -0.293 e. The van der Waals surface area contributed by atoms with Crippen molar-refractivity contribution in [2.45, 2.75) is 31.6 Å². The highest BCUT2D eigenvalue weighted by Gasteiger charge is 2.46. The molecule has 0 unspecified atom stereocenters. The first-order chi connectivity index (χ1) is 8.01. The van der Waals surface area contributed by atoms with E-state index >= 15 is 0 Å². The maximum Gasteiger partial charge on any atom is 0.244 e. The summed E-state index contributed by atoms with van der Waals surface area (Å²) in [5, 5.41) is 0.423. The van der Waals surface area contributed by atoms with Crippen molar-refractivity contribution in [3.8, 4) is 0 Å². The van der Waals surface area contributed by atoms with Gasteiger partial charge in [-0.3, -0.25) is 10.2 Å². The van der Waals surface area contributed by atoms with Gasteiger partial charge in [-0.1, -0.05) is 18.0 Å². The number of nitrogens with one attached hydrogen (secondary N) is 1. The Morgan fingerprint density at radius 2 is 2.18 bits per heavy atom. The molecule has 5 heteroatoms. The number of amides is 1. The SMILES string of the molecule is Cc1cc(Cl)c(C2(C(=O)NN)CCC2)cc1F. The zero-order valence-electron chi connectivity index (χ0n) is 9.52. The van der Waals surface area contributed by atoms with E-state index in [0.717, 1.165) is 6.42 Å². The first-order valence-corrected chi connectivity index (χ1v) is 5.86. The van der Waals surface area contributed by atoms with Crippen molar-refractivity contribution in [3.05, 3.63) is 34.1 Å². The number of aryl methyl sites for hydroxylation is 1. The fraction of sp³-hybridized carbons (Fsp3) is 0.417. The predicted octanol–water partition coefficient (Wildman–Crippen LogP) is 2.20. The van der Waals surface area contributed by atoms with Gasteiger partial charge in [0.1, 0.15) is 5.82 Å². The van der Waals surface area contributed by atoms with Crippen LogP contribution in [-0.4, -0.2) is 5.91 Å². The minimum absolute atomic E-state index is 0.297. The first kappa shape index (κ1) is 12.3. The topological polar surface area (TPSA) is 55.1 Å². The van der Waals surface area contributed by atoms with Crippen molar-refractivity contribution in [2.24, 2.45) is 5.84 Å². The van der Waals surface area contributed by atoms with Gasteiger partial charge in [0.15, 0.2) is 0 Å². The molecule has 0 aromatic heterocycles. The molecule has 0 atom stereocenters. The highest BCUT2D eigenvalue weighted by atomic mass is 35.5. The van der Waals surface area contributed by atoms with Crippen molar-refractivity contribution >= 4 is 17.5 Å². The molecule has 1 aromatic carbocycles. The third-order valence-corrected chi connectivity index (χ3v) is 3.85. The van der Waals surface area contributed by atoms with E-state index in [-0.39, 0.29) is 11.7 Å². The molecule has 1 aromatic rings. The Morgan fingerprint density at radius 3 is 2.65 bits per heavy atom. The van der Waals surface area contributed by atoms with Crippen LogP contribution in [-0.2, 0) is 10.2 Å². The van der Waals surface area contributed by atoms with Crippen LogP contribution in [0.2, 0.25) is 5.02 Å². The van der Waals surface area contributed by atoms with Gasteiger partial charge in [0.2, 0.25) is 5.91 Å². The smallest absolute Gasteiger partial charge is 0.244 e. The normalized spacial score (nSPS) is 17.4. The summed E-state index contributed by atoms with van der Waals surface area (Å²) in [6.07, 6.45) is 2.22. The molecule has 0 saturated heterocycles. The number of hydrazine groups is 1. The van der Waals surface area contributed by atoms with Gasteiger partial charge in [-0.05, 0) is 43.0 Å². The molecule has 0 heterocycles. The predicted molar refractivity (Wildman–Crippen MR) is 64.0 cm³/mol. The van der Waals surface area contributed by atoms with Gasteiger partial charge >= 0.3 is 0 Å². The zero-order chi connectivity index (χ0) is 12.6. The third kappa shape index (κ3) is 1.81. The first-order valence-electron chi connectivity index (χ1n) is 5.48. The maximum atomic E-state index is 13.6. The van der Waals surface area contributed by atoms with E-state index in [0.29, 0.717) is 29.0 Å². The lowest BCUT2D eigenvalue weighted by molar-refractivity contribution is -0.130. The molecule has 1 fully saturated rings. The molecule has 0 radical (unpaired) electrons. The fourth-order valence-electron chi connectivity index (χ4n) is 2.30. The van der Waals surface area contributed by atoms with Crippen molar-refractivity contribution in [1.29, 1.82) is 0 Å². The second kappa shape index (κ2) is 4.27. The maximum absolute atomic E-state index is 13.6. The van der Waals surface area contributed by atoms with Gasteiger partial charge in [0.25, 0.3) is 0 Å². The highest BCUT2D eigenvalue weighted by molar-refractivity contribution is 6.32. The molecule has 1 aliphatic rings. The summed E-state index contributed by atoms with van der Waals surface area (Å²) in [6, 6.07) is 2.90. The van der Waals surface area contributed by atoms with Gasteiger partial charge in [-0.25, -0.2) is 10.2 Å². The van der Waals surface area contributed by atoms with Crippen molar-refractivity contribution in [1.82, 2.24) is 5.43 Å². The standard InChI is InChI=1S/C12H14ClFN2O/c1-7-5-9(13)8(6-10(7)14)12(3-2-4-12)11(17)16-15/h5-6H,2-4,15H2,1H3,(H,16,17).